The third kappa shape index (κ3) is 4.72. The summed E-state index contributed by atoms with van der Waals surface area (Å²) in [5, 5.41) is 2.71. The molecule has 24 heavy (non-hydrogen) atoms. The first-order valence-corrected chi connectivity index (χ1v) is 7.95. The number of benzene rings is 1. The molecule has 1 aliphatic rings. The average molecular weight is 342 g/mol. The topological polar surface area (TPSA) is 49.4 Å². The molecule has 1 aliphatic heterocycles. The number of rotatable bonds is 4. The highest BCUT2D eigenvalue weighted by Gasteiger charge is 2.45. The molecule has 0 aliphatic carbocycles. The van der Waals surface area contributed by atoms with E-state index in [-0.39, 0.29) is 17.9 Å². The van der Waals surface area contributed by atoms with Gasteiger partial charge in [-0.25, -0.2) is 0 Å². The maximum Gasteiger partial charge on any atom is 0.413 e. The SMILES string of the molecule is CN(C(=O)C[C@@H]1CCCCC(=O)N1)[C@H](c1ccccc1)C(F)(F)F. The molecule has 1 aromatic rings. The third-order valence-electron chi connectivity index (χ3n) is 4.20. The van der Waals surface area contributed by atoms with Gasteiger partial charge >= 0.3 is 6.18 Å². The zero-order valence-corrected chi connectivity index (χ0v) is 13.5. The number of amides is 2. The predicted molar refractivity (Wildman–Crippen MR) is 83.0 cm³/mol. The Hall–Kier alpha value is -2.05. The second-order valence-electron chi connectivity index (χ2n) is 6.07. The highest BCUT2D eigenvalue weighted by molar-refractivity contribution is 5.80. The minimum atomic E-state index is -4.57. The van der Waals surface area contributed by atoms with Crippen LogP contribution in [0.3, 0.4) is 0 Å². The van der Waals surface area contributed by atoms with Crippen LogP contribution in [0, 0.1) is 0 Å². The van der Waals surface area contributed by atoms with Crippen molar-refractivity contribution < 1.29 is 22.8 Å². The summed E-state index contributed by atoms with van der Waals surface area (Å²) in [6.45, 7) is 0. The lowest BCUT2D eigenvalue weighted by Crippen LogP contribution is -2.43. The molecule has 1 heterocycles. The van der Waals surface area contributed by atoms with Gasteiger partial charge in [0.2, 0.25) is 11.8 Å². The molecule has 2 atom stereocenters. The van der Waals surface area contributed by atoms with Crippen LogP contribution in [-0.2, 0) is 9.59 Å². The van der Waals surface area contributed by atoms with Gasteiger partial charge in [0.1, 0.15) is 0 Å². The summed E-state index contributed by atoms with van der Waals surface area (Å²) >= 11 is 0. The quantitative estimate of drug-likeness (QED) is 0.913. The van der Waals surface area contributed by atoms with Gasteiger partial charge < -0.3 is 10.2 Å². The van der Waals surface area contributed by atoms with Crippen LogP contribution in [0.1, 0.15) is 43.7 Å². The average Bonchev–Trinajstić information content (AvgIpc) is 2.71. The van der Waals surface area contributed by atoms with Crippen molar-refractivity contribution in [2.24, 2.45) is 0 Å². The van der Waals surface area contributed by atoms with E-state index in [9.17, 15) is 22.8 Å². The van der Waals surface area contributed by atoms with Crippen molar-refractivity contribution in [1.82, 2.24) is 10.2 Å². The van der Waals surface area contributed by atoms with Crippen molar-refractivity contribution in [3.8, 4) is 0 Å². The first-order chi connectivity index (χ1) is 11.3. The molecule has 0 radical (unpaired) electrons. The Bertz CT molecular complexity index is 575. The molecule has 0 spiro atoms. The van der Waals surface area contributed by atoms with E-state index >= 15 is 0 Å². The third-order valence-corrected chi connectivity index (χ3v) is 4.20. The molecule has 1 saturated heterocycles. The van der Waals surface area contributed by atoms with Crippen molar-refractivity contribution in [2.45, 2.75) is 50.4 Å². The van der Waals surface area contributed by atoms with E-state index in [1.165, 1.54) is 24.3 Å². The lowest BCUT2D eigenvalue weighted by molar-refractivity contribution is -0.189. The Balaban J connectivity index is 2.12. The molecular weight excluding hydrogens is 321 g/mol. The molecule has 7 heteroatoms. The lowest BCUT2D eigenvalue weighted by Gasteiger charge is -2.31. The number of alkyl halides is 3. The van der Waals surface area contributed by atoms with Crippen LogP contribution in [-0.4, -0.2) is 36.0 Å². The molecule has 2 rings (SSSR count). The summed E-state index contributed by atoms with van der Waals surface area (Å²) in [6, 6.07) is 4.97. The largest absolute Gasteiger partial charge is 0.413 e. The van der Waals surface area contributed by atoms with Crippen molar-refractivity contribution in [3.63, 3.8) is 0 Å². The monoisotopic (exact) mass is 342 g/mol. The maximum absolute atomic E-state index is 13.5. The maximum atomic E-state index is 13.5. The number of hydrogen-bond donors (Lipinski definition) is 1. The number of nitrogens with zero attached hydrogens (tertiary/aromatic N) is 1. The van der Waals surface area contributed by atoms with Gasteiger partial charge in [-0.3, -0.25) is 9.59 Å². The Kier molecular flexibility index (Phi) is 5.85. The van der Waals surface area contributed by atoms with Crippen LogP contribution >= 0.6 is 0 Å². The zero-order chi connectivity index (χ0) is 17.7. The number of hydrogen-bond acceptors (Lipinski definition) is 2. The van der Waals surface area contributed by atoms with Crippen LogP contribution in [0.4, 0.5) is 13.2 Å². The number of nitrogens with one attached hydrogen (secondary N) is 1. The molecule has 1 N–H and O–H groups in total. The van der Waals surface area contributed by atoms with Gasteiger partial charge in [0.05, 0.1) is 0 Å². The summed E-state index contributed by atoms with van der Waals surface area (Å²) in [5.74, 6) is -0.781. The molecule has 1 aromatic carbocycles. The molecule has 0 unspecified atom stereocenters. The summed E-state index contributed by atoms with van der Waals surface area (Å²) in [6.07, 6.45) is -2.17. The summed E-state index contributed by atoms with van der Waals surface area (Å²) < 4.78 is 40.4. The molecule has 132 valence electrons. The molecule has 1 fully saturated rings. The van der Waals surface area contributed by atoms with Gasteiger partial charge in [0.25, 0.3) is 0 Å². The number of carbonyl (C=O) groups excluding carboxylic acids is 2. The molecule has 0 saturated carbocycles. The van der Waals surface area contributed by atoms with E-state index in [0.29, 0.717) is 12.8 Å². The molecule has 0 aromatic heterocycles. The van der Waals surface area contributed by atoms with E-state index < -0.39 is 24.2 Å². The van der Waals surface area contributed by atoms with Crippen LogP contribution < -0.4 is 5.32 Å². The lowest BCUT2D eigenvalue weighted by atomic mass is 10.0. The Morgan fingerprint density at radius 2 is 1.96 bits per heavy atom. The summed E-state index contributed by atoms with van der Waals surface area (Å²) in [4.78, 5) is 24.6. The van der Waals surface area contributed by atoms with Crippen molar-refractivity contribution in [2.75, 3.05) is 7.05 Å². The van der Waals surface area contributed by atoms with E-state index in [1.54, 1.807) is 6.07 Å². The Morgan fingerprint density at radius 3 is 2.58 bits per heavy atom. The van der Waals surface area contributed by atoms with E-state index in [2.05, 4.69) is 5.32 Å². The fourth-order valence-electron chi connectivity index (χ4n) is 2.97. The minimum absolute atomic E-state index is 0.0192. The smallest absolute Gasteiger partial charge is 0.353 e. The minimum Gasteiger partial charge on any atom is -0.353 e. The van der Waals surface area contributed by atoms with Gasteiger partial charge in [-0.15, -0.1) is 0 Å². The fraction of sp³-hybridized carbons (Fsp3) is 0.529. The Morgan fingerprint density at radius 1 is 1.29 bits per heavy atom. The van der Waals surface area contributed by atoms with Crippen molar-refractivity contribution in [3.05, 3.63) is 35.9 Å². The zero-order valence-electron chi connectivity index (χ0n) is 13.5. The highest BCUT2D eigenvalue weighted by atomic mass is 19.4. The highest BCUT2D eigenvalue weighted by Crippen LogP contribution is 2.37. The fourth-order valence-corrected chi connectivity index (χ4v) is 2.97. The molecule has 4 nitrogen and oxygen atoms in total. The first-order valence-electron chi connectivity index (χ1n) is 7.95. The van der Waals surface area contributed by atoms with Crippen LogP contribution in [0.15, 0.2) is 30.3 Å². The van der Waals surface area contributed by atoms with E-state index in [0.717, 1.165) is 24.8 Å². The van der Waals surface area contributed by atoms with E-state index in [4.69, 9.17) is 0 Å². The number of carbonyl (C=O) groups is 2. The van der Waals surface area contributed by atoms with Crippen LogP contribution in [0.2, 0.25) is 0 Å². The summed E-state index contributed by atoms with van der Waals surface area (Å²) in [7, 11) is 1.16. The van der Waals surface area contributed by atoms with Gasteiger partial charge in [-0.05, 0) is 18.4 Å². The normalized spacial score (nSPS) is 20.0. The van der Waals surface area contributed by atoms with Crippen molar-refractivity contribution >= 4 is 11.8 Å². The predicted octanol–water partition coefficient (Wildman–Crippen LogP) is 3.20. The first kappa shape index (κ1) is 18.3. The van der Waals surface area contributed by atoms with Crippen molar-refractivity contribution in [1.29, 1.82) is 0 Å². The van der Waals surface area contributed by atoms with Gasteiger partial charge in [0.15, 0.2) is 6.04 Å². The number of halogens is 3. The van der Waals surface area contributed by atoms with Crippen LogP contribution in [0.5, 0.6) is 0 Å². The van der Waals surface area contributed by atoms with Gasteiger partial charge in [-0.1, -0.05) is 36.8 Å². The second kappa shape index (κ2) is 7.68. The molecule has 2 amide bonds. The van der Waals surface area contributed by atoms with Gasteiger partial charge in [-0.2, -0.15) is 13.2 Å². The second-order valence-corrected chi connectivity index (χ2v) is 6.07. The summed E-state index contributed by atoms with van der Waals surface area (Å²) in [5.41, 5.74) is 0.0192. The molecule has 0 bridgehead atoms. The van der Waals surface area contributed by atoms with Gasteiger partial charge in [0, 0.05) is 25.9 Å². The molecular formula is C17H21F3N2O2. The standard InChI is InChI=1S/C17H21F3N2O2/c1-22(15(24)11-13-9-5-6-10-14(23)21-13)16(17(18,19)20)12-7-3-2-4-8-12/h2-4,7-8,13,16H,5-6,9-11H2,1H3,(H,21,23)/t13-,16+/m0/s1. The van der Waals surface area contributed by atoms with Crippen LogP contribution in [0.25, 0.3) is 0 Å². The Labute approximate surface area is 139 Å². The van der Waals surface area contributed by atoms with E-state index in [1.807, 2.05) is 0 Å².